The second kappa shape index (κ2) is 5.71. The highest BCUT2D eigenvalue weighted by molar-refractivity contribution is 5.72. The first-order valence-electron chi connectivity index (χ1n) is 6.36. The molecule has 0 saturated carbocycles. The number of hydrogen-bond acceptors (Lipinski definition) is 4. The number of amides is 1. The lowest BCUT2D eigenvalue weighted by molar-refractivity contribution is -0.119. The molecule has 2 heterocycles. The van der Waals surface area contributed by atoms with Crippen LogP contribution in [0, 0.1) is 5.92 Å². The second-order valence-corrected chi connectivity index (χ2v) is 4.81. The molecule has 5 heteroatoms. The lowest BCUT2D eigenvalue weighted by atomic mass is 9.96. The van der Waals surface area contributed by atoms with Gasteiger partial charge in [-0.15, -0.1) is 0 Å². The molecule has 1 aromatic rings. The average Bonchev–Trinajstić information content (AvgIpc) is 2.38. The summed E-state index contributed by atoms with van der Waals surface area (Å²) >= 11 is 0. The zero-order valence-electron chi connectivity index (χ0n) is 10.7. The summed E-state index contributed by atoms with van der Waals surface area (Å²) in [5, 5.41) is 2.89. The fraction of sp³-hybridized carbons (Fsp3) is 0.538. The number of nitrogens with zero attached hydrogens (tertiary/aromatic N) is 2. The lowest BCUT2D eigenvalue weighted by Gasteiger charge is -2.33. The summed E-state index contributed by atoms with van der Waals surface area (Å²) in [6.45, 7) is 4.38. The highest BCUT2D eigenvalue weighted by Crippen LogP contribution is 2.22. The van der Waals surface area contributed by atoms with Gasteiger partial charge in [0.2, 0.25) is 5.91 Å². The summed E-state index contributed by atoms with van der Waals surface area (Å²) < 4.78 is 0. The molecule has 1 aliphatic heterocycles. The van der Waals surface area contributed by atoms with Crippen molar-refractivity contribution in [2.45, 2.75) is 19.8 Å². The summed E-state index contributed by atoms with van der Waals surface area (Å²) in [7, 11) is 0. The number of aromatic nitrogens is 1. The highest BCUT2D eigenvalue weighted by Gasteiger charge is 2.19. The molecular weight excluding hydrogens is 228 g/mol. The van der Waals surface area contributed by atoms with Crippen LogP contribution in [0.3, 0.4) is 0 Å². The van der Waals surface area contributed by atoms with Gasteiger partial charge in [-0.1, -0.05) is 0 Å². The molecule has 18 heavy (non-hydrogen) atoms. The first-order chi connectivity index (χ1) is 8.65. The molecule has 1 fully saturated rings. The number of piperidine rings is 1. The zero-order valence-corrected chi connectivity index (χ0v) is 10.7. The Hall–Kier alpha value is -1.78. The summed E-state index contributed by atoms with van der Waals surface area (Å²) in [6.07, 6.45) is 4.03. The van der Waals surface area contributed by atoms with Crippen molar-refractivity contribution in [1.29, 1.82) is 0 Å². The molecular formula is C13H20N4O. The monoisotopic (exact) mass is 248 g/mol. The Morgan fingerprint density at radius 2 is 2.22 bits per heavy atom. The van der Waals surface area contributed by atoms with E-state index in [-0.39, 0.29) is 5.91 Å². The molecule has 0 radical (unpaired) electrons. The Labute approximate surface area is 107 Å². The van der Waals surface area contributed by atoms with Crippen LogP contribution < -0.4 is 16.0 Å². The van der Waals surface area contributed by atoms with Crippen LogP contribution in [0.2, 0.25) is 0 Å². The SMILES string of the molecule is CC(=O)NCC1CCN(c2ccc(N)nc2)CC1. The van der Waals surface area contributed by atoms with E-state index in [1.165, 1.54) is 0 Å². The predicted molar refractivity (Wildman–Crippen MR) is 72.3 cm³/mol. The first-order valence-corrected chi connectivity index (χ1v) is 6.36. The van der Waals surface area contributed by atoms with Gasteiger partial charge in [-0.05, 0) is 30.9 Å². The van der Waals surface area contributed by atoms with Gasteiger partial charge in [0.1, 0.15) is 5.82 Å². The molecule has 98 valence electrons. The molecule has 3 N–H and O–H groups in total. The fourth-order valence-electron chi connectivity index (χ4n) is 2.27. The van der Waals surface area contributed by atoms with Gasteiger partial charge < -0.3 is 16.0 Å². The van der Waals surface area contributed by atoms with E-state index >= 15 is 0 Å². The van der Waals surface area contributed by atoms with E-state index in [9.17, 15) is 4.79 Å². The Balaban J connectivity index is 1.83. The molecule has 0 unspecified atom stereocenters. The van der Waals surface area contributed by atoms with E-state index in [1.807, 2.05) is 18.3 Å². The highest BCUT2D eigenvalue weighted by atomic mass is 16.1. The normalized spacial score (nSPS) is 16.6. The van der Waals surface area contributed by atoms with Crippen LogP contribution in [0.5, 0.6) is 0 Å². The Morgan fingerprint density at radius 3 is 2.78 bits per heavy atom. The molecule has 0 aromatic carbocycles. The van der Waals surface area contributed by atoms with Gasteiger partial charge in [-0.2, -0.15) is 0 Å². The molecule has 1 aromatic heterocycles. The third-order valence-electron chi connectivity index (χ3n) is 3.39. The van der Waals surface area contributed by atoms with Crippen molar-refractivity contribution >= 4 is 17.4 Å². The molecule has 0 aliphatic carbocycles. The topological polar surface area (TPSA) is 71.2 Å². The smallest absolute Gasteiger partial charge is 0.216 e. The number of carbonyl (C=O) groups excluding carboxylic acids is 1. The number of nitrogens with one attached hydrogen (secondary N) is 1. The lowest BCUT2D eigenvalue weighted by Crippen LogP contribution is -2.38. The number of nitrogen functional groups attached to an aromatic ring is 1. The molecule has 0 spiro atoms. The second-order valence-electron chi connectivity index (χ2n) is 4.81. The molecule has 2 rings (SSSR count). The molecule has 1 saturated heterocycles. The van der Waals surface area contributed by atoms with Gasteiger partial charge in [-0.3, -0.25) is 4.79 Å². The average molecular weight is 248 g/mol. The number of hydrogen-bond donors (Lipinski definition) is 2. The minimum absolute atomic E-state index is 0.0557. The van der Waals surface area contributed by atoms with Crippen molar-refractivity contribution in [2.24, 2.45) is 5.92 Å². The van der Waals surface area contributed by atoms with E-state index in [0.29, 0.717) is 11.7 Å². The van der Waals surface area contributed by atoms with Gasteiger partial charge in [-0.25, -0.2) is 4.98 Å². The van der Waals surface area contributed by atoms with Crippen LogP contribution in [-0.2, 0) is 4.79 Å². The summed E-state index contributed by atoms with van der Waals surface area (Å²) in [4.78, 5) is 17.3. The standard InChI is InChI=1S/C13H20N4O/c1-10(18)15-8-11-4-6-17(7-5-11)12-2-3-13(14)16-9-12/h2-3,9,11H,4-8H2,1H3,(H2,14,16)(H,15,18). The van der Waals surface area contributed by atoms with E-state index in [4.69, 9.17) is 5.73 Å². The number of rotatable bonds is 3. The third-order valence-corrected chi connectivity index (χ3v) is 3.39. The molecule has 0 bridgehead atoms. The van der Waals surface area contributed by atoms with Crippen molar-refractivity contribution in [2.75, 3.05) is 30.3 Å². The van der Waals surface area contributed by atoms with E-state index in [0.717, 1.165) is 38.2 Å². The number of nitrogens with two attached hydrogens (primary N) is 1. The quantitative estimate of drug-likeness (QED) is 0.837. The molecule has 5 nitrogen and oxygen atoms in total. The fourth-order valence-corrected chi connectivity index (χ4v) is 2.27. The van der Waals surface area contributed by atoms with Crippen LogP contribution in [0.4, 0.5) is 11.5 Å². The van der Waals surface area contributed by atoms with E-state index < -0.39 is 0 Å². The summed E-state index contributed by atoms with van der Waals surface area (Å²) in [5.74, 6) is 1.20. The predicted octanol–water partition coefficient (Wildman–Crippen LogP) is 1.02. The van der Waals surface area contributed by atoms with Crippen molar-refractivity contribution in [3.8, 4) is 0 Å². The zero-order chi connectivity index (χ0) is 13.0. The third kappa shape index (κ3) is 3.35. The van der Waals surface area contributed by atoms with E-state index in [1.54, 1.807) is 6.92 Å². The Bertz CT molecular complexity index is 396. The summed E-state index contributed by atoms with van der Waals surface area (Å²) in [5.41, 5.74) is 6.70. The van der Waals surface area contributed by atoms with Crippen LogP contribution in [0.15, 0.2) is 18.3 Å². The van der Waals surface area contributed by atoms with Gasteiger partial charge in [0.15, 0.2) is 0 Å². The van der Waals surface area contributed by atoms with Gasteiger partial charge in [0.05, 0.1) is 11.9 Å². The maximum Gasteiger partial charge on any atom is 0.216 e. The number of anilines is 2. The first kappa shape index (κ1) is 12.7. The number of pyridine rings is 1. The Morgan fingerprint density at radius 1 is 1.50 bits per heavy atom. The summed E-state index contributed by atoms with van der Waals surface area (Å²) in [6, 6.07) is 3.84. The number of carbonyl (C=O) groups is 1. The maximum absolute atomic E-state index is 10.9. The largest absolute Gasteiger partial charge is 0.384 e. The Kier molecular flexibility index (Phi) is 4.02. The van der Waals surface area contributed by atoms with E-state index in [2.05, 4.69) is 15.2 Å². The molecule has 0 atom stereocenters. The van der Waals surface area contributed by atoms with Crippen molar-refractivity contribution in [3.63, 3.8) is 0 Å². The van der Waals surface area contributed by atoms with Crippen LogP contribution >= 0.6 is 0 Å². The minimum atomic E-state index is 0.0557. The van der Waals surface area contributed by atoms with Gasteiger partial charge >= 0.3 is 0 Å². The van der Waals surface area contributed by atoms with Crippen molar-refractivity contribution in [3.05, 3.63) is 18.3 Å². The van der Waals surface area contributed by atoms with Gasteiger partial charge in [0.25, 0.3) is 0 Å². The van der Waals surface area contributed by atoms with Gasteiger partial charge in [0, 0.05) is 26.6 Å². The molecule has 1 amide bonds. The minimum Gasteiger partial charge on any atom is -0.384 e. The van der Waals surface area contributed by atoms with Crippen LogP contribution in [0.1, 0.15) is 19.8 Å². The van der Waals surface area contributed by atoms with Crippen molar-refractivity contribution in [1.82, 2.24) is 10.3 Å². The molecule has 1 aliphatic rings. The van der Waals surface area contributed by atoms with Crippen LogP contribution in [0.25, 0.3) is 0 Å². The van der Waals surface area contributed by atoms with Crippen LogP contribution in [-0.4, -0.2) is 30.5 Å². The maximum atomic E-state index is 10.9. The van der Waals surface area contributed by atoms with Crippen molar-refractivity contribution < 1.29 is 4.79 Å².